The van der Waals surface area contributed by atoms with E-state index in [1.807, 2.05) is 24.3 Å². The van der Waals surface area contributed by atoms with Crippen molar-refractivity contribution in [2.45, 2.75) is 31.5 Å². The minimum Gasteiger partial charge on any atom is -0.497 e. The number of benzene rings is 1. The van der Waals surface area contributed by atoms with Crippen LogP contribution in [0, 0.1) is 11.8 Å². The van der Waals surface area contributed by atoms with Crippen molar-refractivity contribution in [3.63, 3.8) is 0 Å². The van der Waals surface area contributed by atoms with Crippen LogP contribution in [0.3, 0.4) is 0 Å². The topological polar surface area (TPSA) is 54.0 Å². The van der Waals surface area contributed by atoms with Crippen LogP contribution in [0.15, 0.2) is 24.3 Å². The van der Waals surface area contributed by atoms with Crippen LogP contribution in [0.2, 0.25) is 0 Å². The van der Waals surface area contributed by atoms with Crippen molar-refractivity contribution in [3.8, 4) is 5.75 Å². The number of methoxy groups -OCH3 is 2. The molecule has 1 aromatic rings. The molecule has 5 heteroatoms. The molecule has 2 aliphatic rings. The molecule has 1 heterocycles. The Balaban J connectivity index is 1.58. The molecule has 21 heavy (non-hydrogen) atoms. The first kappa shape index (κ1) is 14.5. The maximum Gasteiger partial charge on any atom is 0.158 e. The highest BCUT2D eigenvalue weighted by Gasteiger charge is 2.57. The van der Waals surface area contributed by atoms with E-state index in [0.717, 1.165) is 24.0 Å². The van der Waals surface area contributed by atoms with Crippen LogP contribution in [-0.2, 0) is 25.6 Å². The van der Waals surface area contributed by atoms with Gasteiger partial charge in [-0.3, -0.25) is 0 Å². The molecule has 0 N–H and O–H groups in total. The second-order valence-electron chi connectivity index (χ2n) is 5.50. The van der Waals surface area contributed by atoms with E-state index in [1.165, 1.54) is 0 Å². The van der Waals surface area contributed by atoms with Crippen LogP contribution in [0.25, 0.3) is 0 Å². The standard InChI is InChI=1S/C16H20O5/c1-18-11-5-3-10(4-6-11)9-20-15-13(8-17)12-7-14(19-2)21-16(12)15/h3-6,8,12-16H,7,9H2,1-2H3/t12-,13+,14?,15-,16-/m1/s1. The van der Waals surface area contributed by atoms with Crippen LogP contribution >= 0.6 is 0 Å². The van der Waals surface area contributed by atoms with Gasteiger partial charge in [0.15, 0.2) is 6.29 Å². The molecule has 1 unspecified atom stereocenters. The third-order valence-electron chi connectivity index (χ3n) is 4.41. The Hall–Kier alpha value is -1.43. The van der Waals surface area contributed by atoms with Gasteiger partial charge in [0.2, 0.25) is 0 Å². The summed E-state index contributed by atoms with van der Waals surface area (Å²) < 4.78 is 22.0. The number of fused-ring (bicyclic) bond motifs is 1. The summed E-state index contributed by atoms with van der Waals surface area (Å²) in [5.74, 6) is 0.956. The highest BCUT2D eigenvalue weighted by molar-refractivity contribution is 5.58. The summed E-state index contributed by atoms with van der Waals surface area (Å²) in [6, 6.07) is 7.70. The normalized spacial score (nSPS) is 34.1. The lowest BCUT2D eigenvalue weighted by atomic mass is 9.69. The summed E-state index contributed by atoms with van der Waals surface area (Å²) >= 11 is 0. The lowest BCUT2D eigenvalue weighted by Crippen LogP contribution is -2.55. The Bertz CT molecular complexity index is 486. The van der Waals surface area contributed by atoms with Crippen molar-refractivity contribution in [2.24, 2.45) is 11.8 Å². The Kier molecular flexibility index (Phi) is 4.24. The zero-order chi connectivity index (χ0) is 14.8. The summed E-state index contributed by atoms with van der Waals surface area (Å²) in [5, 5.41) is 0. The number of aldehydes is 1. The summed E-state index contributed by atoms with van der Waals surface area (Å²) in [7, 11) is 3.26. The second-order valence-corrected chi connectivity index (χ2v) is 5.50. The molecule has 0 radical (unpaired) electrons. The lowest BCUT2D eigenvalue weighted by Gasteiger charge is -2.43. The van der Waals surface area contributed by atoms with Crippen molar-refractivity contribution < 1.29 is 23.7 Å². The minimum atomic E-state index is -0.211. The van der Waals surface area contributed by atoms with Gasteiger partial charge >= 0.3 is 0 Å². The van der Waals surface area contributed by atoms with Crippen molar-refractivity contribution in [1.29, 1.82) is 0 Å². The number of hydrogen-bond donors (Lipinski definition) is 0. The summed E-state index contributed by atoms with van der Waals surface area (Å²) in [6.07, 6.45) is 1.35. The molecular weight excluding hydrogens is 272 g/mol. The molecule has 0 amide bonds. The zero-order valence-corrected chi connectivity index (χ0v) is 12.2. The van der Waals surface area contributed by atoms with Crippen LogP contribution in [0.1, 0.15) is 12.0 Å². The maximum atomic E-state index is 11.2. The van der Waals surface area contributed by atoms with Gasteiger partial charge < -0.3 is 23.7 Å². The number of carbonyl (C=O) groups excluding carboxylic acids is 1. The first-order valence-electron chi connectivity index (χ1n) is 7.15. The van der Waals surface area contributed by atoms with Gasteiger partial charge in [0, 0.05) is 25.4 Å². The minimum absolute atomic E-state index is 0.0246. The fourth-order valence-electron chi connectivity index (χ4n) is 3.15. The fourth-order valence-corrected chi connectivity index (χ4v) is 3.15. The fraction of sp³-hybridized carbons (Fsp3) is 0.562. The zero-order valence-electron chi connectivity index (χ0n) is 12.2. The Morgan fingerprint density at radius 1 is 1.29 bits per heavy atom. The average Bonchev–Trinajstić information content (AvgIpc) is 2.88. The SMILES string of the molecule is COc1ccc(CO[C@@H]2[C@@H](C=O)[C@H]3CC(OC)O[C@H]32)cc1. The predicted octanol–water partition coefficient (Wildman–Crippen LogP) is 1.79. The largest absolute Gasteiger partial charge is 0.497 e. The van der Waals surface area contributed by atoms with E-state index in [1.54, 1.807) is 14.2 Å². The Labute approximate surface area is 124 Å². The van der Waals surface area contributed by atoms with E-state index in [4.69, 9.17) is 18.9 Å². The highest BCUT2D eigenvalue weighted by Crippen LogP contribution is 2.47. The van der Waals surface area contributed by atoms with Gasteiger partial charge in [-0.1, -0.05) is 12.1 Å². The number of rotatable bonds is 6. The molecule has 114 valence electrons. The Morgan fingerprint density at radius 3 is 2.67 bits per heavy atom. The quantitative estimate of drug-likeness (QED) is 0.748. The average molecular weight is 292 g/mol. The molecule has 0 bridgehead atoms. The Morgan fingerprint density at radius 2 is 2.05 bits per heavy atom. The predicted molar refractivity (Wildman–Crippen MR) is 74.9 cm³/mol. The first-order chi connectivity index (χ1) is 10.3. The molecule has 3 rings (SSSR count). The van der Waals surface area contributed by atoms with Gasteiger partial charge in [-0.25, -0.2) is 0 Å². The van der Waals surface area contributed by atoms with Crippen LogP contribution in [-0.4, -0.2) is 39.0 Å². The van der Waals surface area contributed by atoms with E-state index in [2.05, 4.69) is 0 Å². The van der Waals surface area contributed by atoms with E-state index in [-0.39, 0.29) is 30.3 Å². The molecule has 1 aromatic carbocycles. The van der Waals surface area contributed by atoms with Crippen molar-refractivity contribution in [1.82, 2.24) is 0 Å². The van der Waals surface area contributed by atoms with Gasteiger partial charge in [0.05, 0.1) is 25.9 Å². The van der Waals surface area contributed by atoms with E-state index in [9.17, 15) is 4.79 Å². The summed E-state index contributed by atoms with van der Waals surface area (Å²) in [4.78, 5) is 11.2. The lowest BCUT2D eigenvalue weighted by molar-refractivity contribution is -0.201. The maximum absolute atomic E-state index is 11.2. The number of hydrogen-bond acceptors (Lipinski definition) is 5. The molecule has 0 aromatic heterocycles. The van der Waals surface area contributed by atoms with Crippen molar-refractivity contribution in [2.75, 3.05) is 14.2 Å². The van der Waals surface area contributed by atoms with Gasteiger partial charge in [0.25, 0.3) is 0 Å². The number of carbonyl (C=O) groups is 1. The van der Waals surface area contributed by atoms with Gasteiger partial charge in [0.1, 0.15) is 12.0 Å². The van der Waals surface area contributed by atoms with Gasteiger partial charge in [-0.15, -0.1) is 0 Å². The number of ether oxygens (including phenoxy) is 4. The third-order valence-corrected chi connectivity index (χ3v) is 4.41. The third kappa shape index (κ3) is 2.69. The molecule has 2 fully saturated rings. The van der Waals surface area contributed by atoms with Crippen molar-refractivity contribution >= 4 is 6.29 Å². The van der Waals surface area contributed by atoms with Gasteiger partial charge in [-0.2, -0.15) is 0 Å². The van der Waals surface area contributed by atoms with E-state index in [0.29, 0.717) is 6.61 Å². The molecule has 1 aliphatic heterocycles. The van der Waals surface area contributed by atoms with Crippen LogP contribution < -0.4 is 4.74 Å². The molecule has 5 atom stereocenters. The highest BCUT2D eigenvalue weighted by atomic mass is 16.7. The van der Waals surface area contributed by atoms with E-state index >= 15 is 0 Å². The molecule has 1 saturated carbocycles. The van der Waals surface area contributed by atoms with E-state index < -0.39 is 0 Å². The smallest absolute Gasteiger partial charge is 0.158 e. The molecule has 5 nitrogen and oxygen atoms in total. The second kappa shape index (κ2) is 6.13. The van der Waals surface area contributed by atoms with Crippen LogP contribution in [0.5, 0.6) is 5.75 Å². The molecule has 1 saturated heterocycles. The molecule has 1 aliphatic carbocycles. The first-order valence-corrected chi connectivity index (χ1v) is 7.15. The van der Waals surface area contributed by atoms with Gasteiger partial charge in [-0.05, 0) is 17.7 Å². The van der Waals surface area contributed by atoms with Crippen molar-refractivity contribution in [3.05, 3.63) is 29.8 Å². The summed E-state index contributed by atoms with van der Waals surface area (Å²) in [5.41, 5.74) is 1.05. The molecular formula is C16H20O5. The summed E-state index contributed by atoms with van der Waals surface area (Å²) in [6.45, 7) is 0.462. The molecule has 0 spiro atoms. The van der Waals surface area contributed by atoms with Crippen LogP contribution in [0.4, 0.5) is 0 Å². The monoisotopic (exact) mass is 292 g/mol.